The molecule has 1 aliphatic rings. The van der Waals surface area contributed by atoms with E-state index in [1.54, 1.807) is 17.4 Å². The minimum atomic E-state index is -0.558. The standard InChI is InChI=1S/C15H17FN2OS.ClH/c16-13-3-1-2-12(15(13)19)14(11-4-9-20-10-11)18-7-5-17-6-8-18;/h1-4,9-10,14,17,19H,5-8H2;1H/t14-;/m0./s1. The Morgan fingerprint density at radius 1 is 1.24 bits per heavy atom. The molecule has 1 aromatic carbocycles. The predicted octanol–water partition coefficient (Wildman–Crippen LogP) is 3.01. The van der Waals surface area contributed by atoms with Crippen molar-refractivity contribution < 1.29 is 9.50 Å². The highest BCUT2D eigenvalue weighted by Gasteiger charge is 2.27. The summed E-state index contributed by atoms with van der Waals surface area (Å²) in [5.41, 5.74) is 1.75. The molecule has 6 heteroatoms. The van der Waals surface area contributed by atoms with Gasteiger partial charge in [0.1, 0.15) is 0 Å². The maximum Gasteiger partial charge on any atom is 0.165 e. The summed E-state index contributed by atoms with van der Waals surface area (Å²) in [7, 11) is 0. The number of hydrogen-bond donors (Lipinski definition) is 2. The Bertz CT molecular complexity index is 573. The Balaban J connectivity index is 0.00000161. The van der Waals surface area contributed by atoms with Gasteiger partial charge in [0.05, 0.1) is 6.04 Å². The Kier molecular flexibility index (Phi) is 5.58. The van der Waals surface area contributed by atoms with Crippen molar-refractivity contribution in [2.75, 3.05) is 26.2 Å². The molecule has 0 unspecified atom stereocenters. The number of halogens is 2. The Labute approximate surface area is 133 Å². The smallest absolute Gasteiger partial charge is 0.165 e. The van der Waals surface area contributed by atoms with Crippen LogP contribution < -0.4 is 5.32 Å². The highest BCUT2D eigenvalue weighted by Crippen LogP contribution is 2.36. The van der Waals surface area contributed by atoms with Crippen molar-refractivity contribution in [3.63, 3.8) is 0 Å². The molecule has 1 fully saturated rings. The van der Waals surface area contributed by atoms with Gasteiger partial charge in [0, 0.05) is 31.7 Å². The summed E-state index contributed by atoms with van der Waals surface area (Å²) in [6, 6.07) is 6.72. The van der Waals surface area contributed by atoms with Gasteiger partial charge in [-0.2, -0.15) is 11.3 Å². The van der Waals surface area contributed by atoms with Crippen LogP contribution in [0, 0.1) is 5.82 Å². The average Bonchev–Trinajstić information content (AvgIpc) is 2.99. The highest BCUT2D eigenvalue weighted by atomic mass is 35.5. The zero-order chi connectivity index (χ0) is 13.9. The maximum atomic E-state index is 13.7. The van der Waals surface area contributed by atoms with Crippen molar-refractivity contribution in [2.45, 2.75) is 6.04 Å². The molecule has 0 amide bonds. The van der Waals surface area contributed by atoms with Crippen LogP contribution >= 0.6 is 23.7 Å². The molecule has 2 heterocycles. The fourth-order valence-corrected chi connectivity index (χ4v) is 3.39. The second kappa shape index (κ2) is 7.22. The van der Waals surface area contributed by atoms with E-state index >= 15 is 0 Å². The number of nitrogens with zero attached hydrogens (tertiary/aromatic N) is 1. The molecule has 0 bridgehead atoms. The molecule has 0 aliphatic carbocycles. The maximum absolute atomic E-state index is 13.7. The average molecular weight is 329 g/mol. The number of phenols is 1. The van der Waals surface area contributed by atoms with E-state index in [0.29, 0.717) is 5.56 Å². The van der Waals surface area contributed by atoms with Gasteiger partial charge in [-0.05, 0) is 28.5 Å². The summed E-state index contributed by atoms with van der Waals surface area (Å²) in [5.74, 6) is -0.792. The van der Waals surface area contributed by atoms with Crippen LogP contribution in [0.5, 0.6) is 5.75 Å². The van der Waals surface area contributed by atoms with E-state index in [2.05, 4.69) is 15.6 Å². The number of thiophene rings is 1. The SMILES string of the molecule is Cl.Oc1c(F)cccc1[C@H](c1ccsc1)N1CCNCC1. The van der Waals surface area contributed by atoms with Gasteiger partial charge in [0.15, 0.2) is 11.6 Å². The Morgan fingerprint density at radius 3 is 2.67 bits per heavy atom. The Morgan fingerprint density at radius 2 is 2.00 bits per heavy atom. The van der Waals surface area contributed by atoms with Crippen LogP contribution in [-0.4, -0.2) is 36.2 Å². The third-order valence-corrected chi connectivity index (χ3v) is 4.39. The van der Waals surface area contributed by atoms with Crippen LogP contribution in [0.3, 0.4) is 0 Å². The van der Waals surface area contributed by atoms with Crippen LogP contribution in [0.2, 0.25) is 0 Å². The van der Waals surface area contributed by atoms with Gasteiger partial charge < -0.3 is 10.4 Å². The molecule has 21 heavy (non-hydrogen) atoms. The van der Waals surface area contributed by atoms with Crippen molar-refractivity contribution >= 4 is 23.7 Å². The van der Waals surface area contributed by atoms with Crippen LogP contribution in [0.15, 0.2) is 35.0 Å². The van der Waals surface area contributed by atoms with Gasteiger partial charge in [0.2, 0.25) is 0 Å². The monoisotopic (exact) mass is 328 g/mol. The van der Waals surface area contributed by atoms with Gasteiger partial charge in [-0.25, -0.2) is 4.39 Å². The van der Waals surface area contributed by atoms with E-state index in [9.17, 15) is 9.50 Å². The van der Waals surface area contributed by atoms with Crippen molar-refractivity contribution in [1.82, 2.24) is 10.2 Å². The molecule has 1 atom stereocenters. The molecule has 114 valence electrons. The zero-order valence-corrected chi connectivity index (χ0v) is 13.1. The first-order chi connectivity index (χ1) is 9.77. The summed E-state index contributed by atoms with van der Waals surface area (Å²) in [4.78, 5) is 2.28. The number of nitrogens with one attached hydrogen (secondary N) is 1. The molecule has 2 aromatic rings. The van der Waals surface area contributed by atoms with Crippen LogP contribution in [-0.2, 0) is 0 Å². The lowest BCUT2D eigenvalue weighted by molar-refractivity contribution is 0.195. The molecule has 1 aliphatic heterocycles. The first-order valence-electron chi connectivity index (χ1n) is 6.71. The third kappa shape index (κ3) is 3.37. The van der Waals surface area contributed by atoms with E-state index < -0.39 is 5.82 Å². The number of benzene rings is 1. The first kappa shape index (κ1) is 16.2. The number of piperazine rings is 1. The van der Waals surface area contributed by atoms with E-state index in [1.807, 2.05) is 17.5 Å². The molecule has 0 radical (unpaired) electrons. The Hall–Kier alpha value is -1.14. The number of aromatic hydroxyl groups is 1. The molecule has 3 rings (SSSR count). The van der Waals surface area contributed by atoms with Crippen molar-refractivity contribution in [1.29, 1.82) is 0 Å². The van der Waals surface area contributed by atoms with E-state index in [4.69, 9.17) is 0 Å². The van der Waals surface area contributed by atoms with Gasteiger partial charge in [-0.3, -0.25) is 4.90 Å². The molecular formula is C15H18ClFN2OS. The molecule has 1 saturated heterocycles. The van der Waals surface area contributed by atoms with E-state index in [-0.39, 0.29) is 24.2 Å². The van der Waals surface area contributed by atoms with Gasteiger partial charge in [-0.15, -0.1) is 12.4 Å². The third-order valence-electron chi connectivity index (χ3n) is 3.69. The second-order valence-electron chi connectivity index (χ2n) is 4.92. The predicted molar refractivity (Wildman–Crippen MR) is 85.9 cm³/mol. The molecule has 1 aromatic heterocycles. The minimum absolute atomic E-state index is 0. The molecule has 3 nitrogen and oxygen atoms in total. The number of para-hydroxylation sites is 1. The largest absolute Gasteiger partial charge is 0.505 e. The van der Waals surface area contributed by atoms with Crippen molar-refractivity contribution in [3.8, 4) is 5.75 Å². The number of rotatable bonds is 3. The quantitative estimate of drug-likeness (QED) is 0.909. The fraction of sp³-hybridized carbons (Fsp3) is 0.333. The van der Waals surface area contributed by atoms with Crippen molar-refractivity contribution in [2.24, 2.45) is 0 Å². The topological polar surface area (TPSA) is 35.5 Å². The lowest BCUT2D eigenvalue weighted by Crippen LogP contribution is -2.45. The second-order valence-corrected chi connectivity index (χ2v) is 5.70. The minimum Gasteiger partial charge on any atom is -0.505 e. The normalized spacial score (nSPS) is 17.2. The first-order valence-corrected chi connectivity index (χ1v) is 7.66. The zero-order valence-electron chi connectivity index (χ0n) is 11.5. The van der Waals surface area contributed by atoms with Crippen LogP contribution in [0.4, 0.5) is 4.39 Å². The van der Waals surface area contributed by atoms with E-state index in [0.717, 1.165) is 31.7 Å². The lowest BCUT2D eigenvalue weighted by atomic mass is 9.97. The number of phenolic OH excluding ortho intramolecular Hbond substituents is 1. The van der Waals surface area contributed by atoms with Crippen molar-refractivity contribution in [3.05, 3.63) is 52.0 Å². The summed E-state index contributed by atoms with van der Waals surface area (Å²) < 4.78 is 13.7. The fourth-order valence-electron chi connectivity index (χ4n) is 2.71. The van der Waals surface area contributed by atoms with Gasteiger partial charge in [0.25, 0.3) is 0 Å². The number of hydrogen-bond acceptors (Lipinski definition) is 4. The molecule has 0 spiro atoms. The lowest BCUT2D eigenvalue weighted by Gasteiger charge is -2.35. The van der Waals surface area contributed by atoms with Crippen LogP contribution in [0.25, 0.3) is 0 Å². The molecule has 0 saturated carbocycles. The summed E-state index contributed by atoms with van der Waals surface area (Å²) >= 11 is 1.62. The summed E-state index contributed by atoms with van der Waals surface area (Å²) in [5, 5.41) is 17.5. The van der Waals surface area contributed by atoms with E-state index in [1.165, 1.54) is 6.07 Å². The van der Waals surface area contributed by atoms with Gasteiger partial charge >= 0.3 is 0 Å². The summed E-state index contributed by atoms with van der Waals surface area (Å²) in [6.45, 7) is 3.60. The molecular weight excluding hydrogens is 311 g/mol. The highest BCUT2D eigenvalue weighted by molar-refractivity contribution is 7.08. The molecule has 2 N–H and O–H groups in total. The summed E-state index contributed by atoms with van der Waals surface area (Å²) in [6.07, 6.45) is 0. The van der Waals surface area contributed by atoms with Crippen LogP contribution in [0.1, 0.15) is 17.2 Å². The van der Waals surface area contributed by atoms with Gasteiger partial charge in [-0.1, -0.05) is 12.1 Å².